The highest BCUT2D eigenvalue weighted by molar-refractivity contribution is 7.89. The van der Waals surface area contributed by atoms with E-state index in [0.29, 0.717) is 12.2 Å². The zero-order valence-corrected chi connectivity index (χ0v) is 12.5. The van der Waals surface area contributed by atoms with Crippen LogP contribution in [0.2, 0.25) is 0 Å². The van der Waals surface area contributed by atoms with Crippen molar-refractivity contribution in [3.05, 3.63) is 41.4 Å². The molecule has 0 radical (unpaired) electrons. The second kappa shape index (κ2) is 5.82. The topological polar surface area (TPSA) is 98.2 Å². The Bertz CT molecular complexity index is 733. The maximum atomic E-state index is 13.4. The number of oxazole rings is 1. The van der Waals surface area contributed by atoms with E-state index in [1.807, 2.05) is 6.92 Å². The summed E-state index contributed by atoms with van der Waals surface area (Å²) in [6.07, 6.45) is 2.22. The van der Waals surface area contributed by atoms with Crippen molar-refractivity contribution in [3.8, 4) is 0 Å². The first-order valence-corrected chi connectivity index (χ1v) is 7.80. The minimum Gasteiger partial charge on any atom is -0.444 e. The van der Waals surface area contributed by atoms with Gasteiger partial charge >= 0.3 is 0 Å². The third kappa shape index (κ3) is 3.40. The highest BCUT2D eigenvalue weighted by atomic mass is 32.2. The van der Waals surface area contributed by atoms with Crippen molar-refractivity contribution >= 4 is 15.7 Å². The van der Waals surface area contributed by atoms with Crippen molar-refractivity contribution in [2.24, 2.45) is 0 Å². The maximum absolute atomic E-state index is 13.4. The van der Waals surface area contributed by atoms with Crippen LogP contribution in [0.1, 0.15) is 24.1 Å². The molecule has 0 aliphatic rings. The Morgan fingerprint density at radius 2 is 2.14 bits per heavy atom. The second-order valence-corrected chi connectivity index (χ2v) is 6.31. The molecule has 1 heterocycles. The number of hydrogen-bond acceptors (Lipinski definition) is 5. The van der Waals surface area contributed by atoms with E-state index in [0.717, 1.165) is 6.07 Å². The van der Waals surface area contributed by atoms with E-state index < -0.39 is 15.8 Å². The van der Waals surface area contributed by atoms with E-state index in [1.165, 1.54) is 13.0 Å². The van der Waals surface area contributed by atoms with Crippen LogP contribution < -0.4 is 10.5 Å². The van der Waals surface area contributed by atoms with Crippen molar-refractivity contribution in [2.45, 2.75) is 31.7 Å². The first kappa shape index (κ1) is 15.5. The van der Waals surface area contributed by atoms with E-state index in [-0.39, 0.29) is 28.6 Å². The summed E-state index contributed by atoms with van der Waals surface area (Å²) >= 11 is 0. The number of benzene rings is 1. The van der Waals surface area contributed by atoms with Gasteiger partial charge in [-0.3, -0.25) is 0 Å². The fourth-order valence-corrected chi connectivity index (χ4v) is 2.85. The molecular weight excluding hydrogens is 297 g/mol. The lowest BCUT2D eigenvalue weighted by Crippen LogP contribution is -2.23. The summed E-state index contributed by atoms with van der Waals surface area (Å²) in [5.74, 6) is 0.322. The molecule has 0 atom stereocenters. The lowest BCUT2D eigenvalue weighted by molar-refractivity contribution is 0.452. The van der Waals surface area contributed by atoms with Crippen LogP contribution in [0.15, 0.2) is 27.6 Å². The molecule has 0 aliphatic carbocycles. The molecule has 1 aromatic heterocycles. The summed E-state index contributed by atoms with van der Waals surface area (Å²) in [6.45, 7) is 3.27. The van der Waals surface area contributed by atoms with E-state index in [1.54, 1.807) is 6.20 Å². The second-order valence-electron chi connectivity index (χ2n) is 4.54. The average molecular weight is 313 g/mol. The molecule has 6 nitrogen and oxygen atoms in total. The zero-order valence-electron chi connectivity index (χ0n) is 11.7. The zero-order chi connectivity index (χ0) is 15.6. The number of hydrogen-bond donors (Lipinski definition) is 2. The van der Waals surface area contributed by atoms with Gasteiger partial charge in [0.1, 0.15) is 11.6 Å². The Labute approximate surface area is 122 Å². The van der Waals surface area contributed by atoms with Gasteiger partial charge in [-0.05, 0) is 24.6 Å². The SMILES string of the molecule is CCc1cnc(CNS(=O)(=O)c2cc(C)c(F)c(N)c2)o1. The summed E-state index contributed by atoms with van der Waals surface area (Å²) in [6, 6.07) is 2.30. The summed E-state index contributed by atoms with van der Waals surface area (Å²) in [7, 11) is -3.81. The quantitative estimate of drug-likeness (QED) is 0.819. The van der Waals surface area contributed by atoms with Crippen LogP contribution in [0.25, 0.3) is 0 Å². The first-order valence-electron chi connectivity index (χ1n) is 6.32. The summed E-state index contributed by atoms with van der Waals surface area (Å²) in [5, 5.41) is 0. The molecule has 0 unspecified atom stereocenters. The summed E-state index contributed by atoms with van der Waals surface area (Å²) < 4.78 is 45.4. The van der Waals surface area contributed by atoms with E-state index >= 15 is 0 Å². The summed E-state index contributed by atoms with van der Waals surface area (Å²) in [4.78, 5) is 3.86. The van der Waals surface area contributed by atoms with Gasteiger partial charge in [-0.2, -0.15) is 0 Å². The minimum absolute atomic E-state index is 0.0847. The molecular formula is C13H16FN3O3S. The number of nitrogen functional groups attached to an aromatic ring is 1. The van der Waals surface area contributed by atoms with Crippen LogP contribution >= 0.6 is 0 Å². The Morgan fingerprint density at radius 3 is 2.71 bits per heavy atom. The van der Waals surface area contributed by atoms with Gasteiger partial charge in [-0.25, -0.2) is 22.5 Å². The fraction of sp³-hybridized carbons (Fsp3) is 0.308. The molecule has 0 spiro atoms. The lowest BCUT2D eigenvalue weighted by atomic mass is 10.2. The highest BCUT2D eigenvalue weighted by Gasteiger charge is 2.18. The number of nitrogens with one attached hydrogen (secondary N) is 1. The molecule has 8 heteroatoms. The number of halogens is 1. The Kier molecular flexibility index (Phi) is 4.29. The van der Waals surface area contributed by atoms with Crippen molar-refractivity contribution in [1.29, 1.82) is 0 Å². The van der Waals surface area contributed by atoms with Gasteiger partial charge in [0.15, 0.2) is 0 Å². The predicted octanol–water partition coefficient (Wildman–Crippen LogP) is 1.75. The van der Waals surface area contributed by atoms with Gasteiger partial charge in [0.25, 0.3) is 0 Å². The molecule has 0 amide bonds. The van der Waals surface area contributed by atoms with Gasteiger partial charge in [0.2, 0.25) is 15.9 Å². The van der Waals surface area contributed by atoms with Crippen LogP contribution in [0, 0.1) is 12.7 Å². The molecule has 0 fully saturated rings. The molecule has 2 rings (SSSR count). The summed E-state index contributed by atoms with van der Waals surface area (Å²) in [5.41, 5.74) is 5.41. The molecule has 0 bridgehead atoms. The molecule has 21 heavy (non-hydrogen) atoms. The van der Waals surface area contributed by atoms with Crippen LogP contribution in [0.3, 0.4) is 0 Å². The molecule has 2 aromatic rings. The largest absolute Gasteiger partial charge is 0.444 e. The van der Waals surface area contributed by atoms with Crippen LogP contribution in [-0.4, -0.2) is 13.4 Å². The molecule has 0 saturated heterocycles. The van der Waals surface area contributed by atoms with Crippen molar-refractivity contribution < 1.29 is 17.2 Å². The maximum Gasteiger partial charge on any atom is 0.241 e. The van der Waals surface area contributed by atoms with Crippen LogP contribution in [0.5, 0.6) is 0 Å². The molecule has 3 N–H and O–H groups in total. The number of aromatic nitrogens is 1. The van der Waals surface area contributed by atoms with Gasteiger partial charge in [-0.15, -0.1) is 0 Å². The lowest BCUT2D eigenvalue weighted by Gasteiger charge is -2.08. The van der Waals surface area contributed by atoms with Crippen LogP contribution in [0.4, 0.5) is 10.1 Å². The monoisotopic (exact) mass is 313 g/mol. The minimum atomic E-state index is -3.81. The van der Waals surface area contributed by atoms with Crippen LogP contribution in [-0.2, 0) is 23.0 Å². The first-order chi connectivity index (χ1) is 9.83. The highest BCUT2D eigenvalue weighted by Crippen LogP contribution is 2.20. The fourth-order valence-electron chi connectivity index (χ4n) is 1.75. The van der Waals surface area contributed by atoms with Crippen molar-refractivity contribution in [3.63, 3.8) is 0 Å². The number of nitrogens with two attached hydrogens (primary N) is 1. The average Bonchev–Trinajstić information content (AvgIpc) is 2.90. The van der Waals surface area contributed by atoms with Crippen molar-refractivity contribution in [1.82, 2.24) is 9.71 Å². The Balaban J connectivity index is 2.18. The molecule has 1 aromatic carbocycles. The van der Waals surface area contributed by atoms with Gasteiger partial charge in [0, 0.05) is 6.42 Å². The molecule has 0 saturated carbocycles. The molecule has 0 aliphatic heterocycles. The van der Waals surface area contributed by atoms with E-state index in [4.69, 9.17) is 10.2 Å². The Morgan fingerprint density at radius 1 is 1.43 bits per heavy atom. The predicted molar refractivity (Wildman–Crippen MR) is 75.5 cm³/mol. The number of aryl methyl sites for hydroxylation is 2. The van der Waals surface area contributed by atoms with Crippen molar-refractivity contribution in [2.75, 3.05) is 5.73 Å². The third-order valence-electron chi connectivity index (χ3n) is 2.93. The number of nitrogens with zero attached hydrogens (tertiary/aromatic N) is 1. The Hall–Kier alpha value is -1.93. The van der Waals surface area contributed by atoms with E-state index in [9.17, 15) is 12.8 Å². The van der Waals surface area contributed by atoms with Gasteiger partial charge in [-0.1, -0.05) is 6.92 Å². The smallest absolute Gasteiger partial charge is 0.241 e. The normalized spacial score (nSPS) is 11.8. The third-order valence-corrected chi connectivity index (χ3v) is 4.31. The van der Waals surface area contributed by atoms with Gasteiger partial charge in [0.05, 0.1) is 23.3 Å². The molecule has 114 valence electrons. The number of anilines is 1. The van der Waals surface area contributed by atoms with Gasteiger partial charge < -0.3 is 10.2 Å². The van der Waals surface area contributed by atoms with E-state index in [2.05, 4.69) is 9.71 Å². The standard InChI is InChI=1S/C13H16FN3O3S/c1-3-9-6-16-12(20-9)7-17-21(18,19)10-4-8(2)13(14)11(15)5-10/h4-6,17H,3,7,15H2,1-2H3. The number of rotatable bonds is 5. The number of sulfonamides is 1.